The minimum absolute atomic E-state index is 0.0942. The van der Waals surface area contributed by atoms with Crippen LogP contribution in [0.15, 0.2) is 0 Å². The summed E-state index contributed by atoms with van der Waals surface area (Å²) < 4.78 is 0. The Hall–Kier alpha value is -0.610. The van der Waals surface area contributed by atoms with E-state index in [1.807, 2.05) is 13.8 Å². The Balaban J connectivity index is 2.39. The van der Waals surface area contributed by atoms with Crippen LogP contribution in [0.3, 0.4) is 0 Å². The highest BCUT2D eigenvalue weighted by molar-refractivity contribution is 5.79. The van der Waals surface area contributed by atoms with Crippen LogP contribution < -0.4 is 10.6 Å². The SMILES string of the molecule is CC(C)(CCO)NC(=O)C1CCCNC1. The summed E-state index contributed by atoms with van der Waals surface area (Å²) in [5.74, 6) is 0.206. The maximum Gasteiger partial charge on any atom is 0.224 e. The van der Waals surface area contributed by atoms with Gasteiger partial charge in [0.1, 0.15) is 0 Å². The Labute approximate surface area is 91.4 Å². The normalized spacial score (nSPS) is 22.5. The van der Waals surface area contributed by atoms with Crippen LogP contribution in [0.2, 0.25) is 0 Å². The first-order valence-corrected chi connectivity index (χ1v) is 5.69. The average molecular weight is 214 g/mol. The molecule has 3 N–H and O–H groups in total. The molecule has 1 amide bonds. The molecule has 0 aromatic heterocycles. The van der Waals surface area contributed by atoms with Crippen LogP contribution in [-0.2, 0) is 4.79 Å². The first kappa shape index (κ1) is 12.5. The number of aliphatic hydroxyl groups excluding tert-OH is 1. The van der Waals surface area contributed by atoms with Crippen molar-refractivity contribution >= 4 is 5.91 Å². The fraction of sp³-hybridized carbons (Fsp3) is 0.909. The third-order valence-corrected chi connectivity index (χ3v) is 2.87. The van der Waals surface area contributed by atoms with Gasteiger partial charge in [-0.1, -0.05) is 0 Å². The zero-order valence-electron chi connectivity index (χ0n) is 9.68. The molecule has 1 atom stereocenters. The molecule has 0 aliphatic carbocycles. The van der Waals surface area contributed by atoms with Crippen LogP contribution in [0, 0.1) is 5.92 Å². The van der Waals surface area contributed by atoms with Crippen molar-refractivity contribution in [2.45, 2.75) is 38.6 Å². The highest BCUT2D eigenvalue weighted by Gasteiger charge is 2.26. The third-order valence-electron chi connectivity index (χ3n) is 2.87. The predicted molar refractivity (Wildman–Crippen MR) is 59.5 cm³/mol. The molecule has 1 unspecified atom stereocenters. The van der Waals surface area contributed by atoms with Gasteiger partial charge in [-0.3, -0.25) is 4.79 Å². The van der Waals surface area contributed by atoms with Crippen LogP contribution in [0.25, 0.3) is 0 Å². The van der Waals surface area contributed by atoms with Crippen molar-refractivity contribution in [1.29, 1.82) is 0 Å². The van der Waals surface area contributed by atoms with E-state index in [2.05, 4.69) is 10.6 Å². The molecule has 0 aromatic carbocycles. The molecule has 4 nitrogen and oxygen atoms in total. The Bertz CT molecular complexity index is 211. The van der Waals surface area contributed by atoms with Gasteiger partial charge in [-0.25, -0.2) is 0 Å². The first-order chi connectivity index (χ1) is 7.05. The van der Waals surface area contributed by atoms with Crippen molar-refractivity contribution < 1.29 is 9.90 Å². The highest BCUT2D eigenvalue weighted by atomic mass is 16.3. The highest BCUT2D eigenvalue weighted by Crippen LogP contribution is 2.13. The predicted octanol–water partition coefficient (Wildman–Crippen LogP) is 0.263. The number of piperidine rings is 1. The molecule has 4 heteroatoms. The average Bonchev–Trinajstić information content (AvgIpc) is 2.18. The van der Waals surface area contributed by atoms with E-state index in [-0.39, 0.29) is 24.0 Å². The summed E-state index contributed by atoms with van der Waals surface area (Å²) in [7, 11) is 0. The summed E-state index contributed by atoms with van der Waals surface area (Å²) >= 11 is 0. The van der Waals surface area contributed by atoms with Crippen LogP contribution in [0.1, 0.15) is 33.1 Å². The van der Waals surface area contributed by atoms with Gasteiger partial charge in [-0.05, 0) is 39.7 Å². The minimum atomic E-state index is -0.302. The summed E-state index contributed by atoms with van der Waals surface area (Å²) in [4.78, 5) is 11.9. The molecule has 1 aliphatic rings. The summed E-state index contributed by atoms with van der Waals surface area (Å²) in [5.41, 5.74) is -0.302. The largest absolute Gasteiger partial charge is 0.396 e. The summed E-state index contributed by atoms with van der Waals surface area (Å²) in [6.45, 7) is 5.79. The zero-order chi connectivity index (χ0) is 11.3. The van der Waals surface area contributed by atoms with Gasteiger partial charge < -0.3 is 15.7 Å². The van der Waals surface area contributed by atoms with Gasteiger partial charge >= 0.3 is 0 Å². The van der Waals surface area contributed by atoms with Crippen LogP contribution in [-0.4, -0.2) is 36.2 Å². The number of amides is 1. The van der Waals surface area contributed by atoms with Crippen molar-refractivity contribution in [3.8, 4) is 0 Å². The van der Waals surface area contributed by atoms with Crippen LogP contribution in [0.5, 0.6) is 0 Å². The van der Waals surface area contributed by atoms with E-state index in [9.17, 15) is 4.79 Å². The lowest BCUT2D eigenvalue weighted by Gasteiger charge is -2.29. The van der Waals surface area contributed by atoms with E-state index in [4.69, 9.17) is 5.11 Å². The Morgan fingerprint density at radius 2 is 2.33 bits per heavy atom. The molecule has 1 rings (SSSR count). The third kappa shape index (κ3) is 4.18. The van der Waals surface area contributed by atoms with Crippen molar-refractivity contribution in [1.82, 2.24) is 10.6 Å². The molecular formula is C11H22N2O2. The van der Waals surface area contributed by atoms with Crippen molar-refractivity contribution in [2.75, 3.05) is 19.7 Å². The van der Waals surface area contributed by atoms with Gasteiger partial charge in [-0.15, -0.1) is 0 Å². The number of hydrogen-bond donors (Lipinski definition) is 3. The molecule has 15 heavy (non-hydrogen) atoms. The number of hydrogen-bond acceptors (Lipinski definition) is 3. The lowest BCUT2D eigenvalue weighted by atomic mass is 9.95. The Morgan fingerprint density at radius 1 is 1.60 bits per heavy atom. The second-order valence-corrected chi connectivity index (χ2v) is 4.89. The number of nitrogens with one attached hydrogen (secondary N) is 2. The summed E-state index contributed by atoms with van der Waals surface area (Å²) in [5, 5.41) is 15.1. The molecule has 0 bridgehead atoms. The molecule has 0 spiro atoms. The van der Waals surface area contributed by atoms with E-state index in [0.29, 0.717) is 6.42 Å². The van der Waals surface area contributed by atoms with Gasteiger partial charge in [0.05, 0.1) is 5.92 Å². The molecule has 1 aliphatic heterocycles. The Morgan fingerprint density at radius 3 is 2.87 bits per heavy atom. The monoisotopic (exact) mass is 214 g/mol. The van der Waals surface area contributed by atoms with Crippen LogP contribution >= 0.6 is 0 Å². The van der Waals surface area contributed by atoms with Crippen molar-refractivity contribution in [3.63, 3.8) is 0 Å². The Kier molecular flexibility index (Phi) is 4.54. The molecule has 1 fully saturated rings. The molecule has 1 heterocycles. The van der Waals surface area contributed by atoms with E-state index >= 15 is 0 Å². The van der Waals surface area contributed by atoms with E-state index in [0.717, 1.165) is 25.9 Å². The fourth-order valence-corrected chi connectivity index (χ4v) is 1.85. The van der Waals surface area contributed by atoms with Crippen molar-refractivity contribution in [2.24, 2.45) is 5.92 Å². The maximum atomic E-state index is 11.9. The molecule has 0 aromatic rings. The standard InChI is InChI=1S/C11H22N2O2/c1-11(2,5-7-14)13-10(15)9-4-3-6-12-8-9/h9,12,14H,3-8H2,1-2H3,(H,13,15). The zero-order valence-corrected chi connectivity index (χ0v) is 9.68. The molecule has 1 saturated heterocycles. The van der Waals surface area contributed by atoms with Gasteiger partial charge in [0, 0.05) is 18.7 Å². The quantitative estimate of drug-likeness (QED) is 0.629. The topological polar surface area (TPSA) is 61.4 Å². The van der Waals surface area contributed by atoms with Gasteiger partial charge in [0.2, 0.25) is 5.91 Å². The summed E-state index contributed by atoms with van der Waals surface area (Å²) in [6.07, 6.45) is 2.63. The fourth-order valence-electron chi connectivity index (χ4n) is 1.85. The summed E-state index contributed by atoms with van der Waals surface area (Å²) in [6, 6.07) is 0. The number of carbonyl (C=O) groups is 1. The second kappa shape index (κ2) is 5.47. The van der Waals surface area contributed by atoms with Crippen LogP contribution in [0.4, 0.5) is 0 Å². The van der Waals surface area contributed by atoms with E-state index < -0.39 is 0 Å². The second-order valence-electron chi connectivity index (χ2n) is 4.89. The molecule has 0 radical (unpaired) electrons. The minimum Gasteiger partial charge on any atom is -0.396 e. The molecule has 88 valence electrons. The molecule has 0 saturated carbocycles. The number of rotatable bonds is 4. The van der Waals surface area contributed by atoms with Crippen molar-refractivity contribution in [3.05, 3.63) is 0 Å². The lowest BCUT2D eigenvalue weighted by molar-refractivity contribution is -0.127. The van der Waals surface area contributed by atoms with Gasteiger partial charge in [0.25, 0.3) is 0 Å². The van der Waals surface area contributed by atoms with E-state index in [1.54, 1.807) is 0 Å². The van der Waals surface area contributed by atoms with Gasteiger partial charge in [0.15, 0.2) is 0 Å². The van der Waals surface area contributed by atoms with Gasteiger partial charge in [-0.2, -0.15) is 0 Å². The lowest BCUT2D eigenvalue weighted by Crippen LogP contribution is -2.49. The van der Waals surface area contributed by atoms with E-state index in [1.165, 1.54) is 0 Å². The first-order valence-electron chi connectivity index (χ1n) is 5.69. The number of aliphatic hydroxyl groups is 1. The maximum absolute atomic E-state index is 11.9. The molecular weight excluding hydrogens is 192 g/mol. The smallest absolute Gasteiger partial charge is 0.224 e. The number of carbonyl (C=O) groups excluding carboxylic acids is 1.